The van der Waals surface area contributed by atoms with Gasteiger partial charge in [0.2, 0.25) is 23.0 Å². The third kappa shape index (κ3) is 16.3. The fourth-order valence-electron chi connectivity index (χ4n) is 13.3. The molecule has 0 aliphatic carbocycles. The molecular formula is C60H98Cl4N4O16. The molecule has 0 aromatic heterocycles. The average Bonchev–Trinajstić information content (AvgIpc) is 2.54. The highest BCUT2D eigenvalue weighted by molar-refractivity contribution is 5.86. The normalized spacial score (nSPS) is 17.5. The first-order valence-electron chi connectivity index (χ1n) is 27.4. The lowest BCUT2D eigenvalue weighted by Crippen LogP contribution is -2.36. The number of hydrogen-bond donors (Lipinski definition) is 4. The van der Waals surface area contributed by atoms with E-state index in [0.29, 0.717) is 57.8 Å². The van der Waals surface area contributed by atoms with Crippen molar-refractivity contribution in [3.05, 3.63) is 68.8 Å². The number of hydrogen-bond acceptors (Lipinski definition) is 16. The summed E-state index contributed by atoms with van der Waals surface area (Å²) in [5.74, 6) is 8.91. The zero-order valence-electron chi connectivity index (χ0n) is 51.0. The maximum atomic E-state index is 6.25. The van der Waals surface area contributed by atoms with Gasteiger partial charge in [0.15, 0.2) is 46.0 Å². The molecule has 0 bridgehead atoms. The largest absolute Gasteiger partial charge is 0.493 e. The summed E-state index contributed by atoms with van der Waals surface area (Å²) in [7, 11) is 20.4. The molecule has 84 heavy (non-hydrogen) atoms. The van der Waals surface area contributed by atoms with Gasteiger partial charge in [-0.2, -0.15) is 0 Å². The van der Waals surface area contributed by atoms with Crippen LogP contribution >= 0.6 is 49.6 Å². The Kier molecular flexibility index (Phi) is 35.7. The van der Waals surface area contributed by atoms with Crippen LogP contribution in [-0.2, 0) is 25.7 Å². The molecule has 0 spiro atoms. The maximum absolute atomic E-state index is 6.25. The molecule has 0 radical (unpaired) electrons. The lowest BCUT2D eigenvalue weighted by Gasteiger charge is -2.37. The molecule has 4 heterocycles. The van der Waals surface area contributed by atoms with Crippen LogP contribution in [0.25, 0.3) is 0 Å². The molecule has 4 aromatic rings. The molecule has 0 amide bonds. The SMILES string of the molecule is COc1cc2c(c(OC)c1OC)C(CCCC(CCCCC(CCCC1NCCc3cc(OC)c(OC)c(OC)c31)C1NCCc3cc(OC)c(OC)c(OC)c31)C1NCCc3cc(OC)c(OC)c(OC)c31)NCC2.Cl.Cl.Cl.Cl.O.O.O.O. The minimum Gasteiger partial charge on any atom is -0.493 e. The van der Waals surface area contributed by atoms with E-state index in [-0.39, 0.29) is 95.7 Å². The predicted molar refractivity (Wildman–Crippen MR) is 339 cm³/mol. The lowest BCUT2D eigenvalue weighted by atomic mass is 9.77. The van der Waals surface area contributed by atoms with Crippen LogP contribution < -0.4 is 78.1 Å². The van der Waals surface area contributed by atoms with Crippen LogP contribution in [0.4, 0.5) is 0 Å². The zero-order valence-corrected chi connectivity index (χ0v) is 54.3. The minimum atomic E-state index is 0. The van der Waals surface area contributed by atoms with Gasteiger partial charge < -0.3 is 100 Å². The number of nitrogens with one attached hydrogen (secondary N) is 4. The quantitative estimate of drug-likeness (QED) is 0.0410. The van der Waals surface area contributed by atoms with Crippen LogP contribution in [0.5, 0.6) is 69.0 Å². The van der Waals surface area contributed by atoms with Gasteiger partial charge in [-0.25, -0.2) is 0 Å². The van der Waals surface area contributed by atoms with Crippen LogP contribution in [0.2, 0.25) is 0 Å². The monoisotopic (exact) mass is 1270 g/mol. The highest BCUT2D eigenvalue weighted by Gasteiger charge is 2.38. The first kappa shape index (κ1) is 79.3. The highest BCUT2D eigenvalue weighted by atomic mass is 35.5. The van der Waals surface area contributed by atoms with Crippen molar-refractivity contribution in [2.75, 3.05) is 111 Å². The van der Waals surface area contributed by atoms with E-state index in [4.69, 9.17) is 56.8 Å². The average molecular weight is 1270 g/mol. The molecule has 4 aliphatic heterocycles. The second kappa shape index (κ2) is 37.8. The van der Waals surface area contributed by atoms with Crippen molar-refractivity contribution in [2.45, 2.75) is 114 Å². The van der Waals surface area contributed by atoms with E-state index in [1.807, 2.05) is 0 Å². The Labute approximate surface area is 522 Å². The number of rotatable bonds is 27. The summed E-state index contributed by atoms with van der Waals surface area (Å²) in [6.45, 7) is 3.49. The second-order valence-corrected chi connectivity index (χ2v) is 20.4. The van der Waals surface area contributed by atoms with E-state index < -0.39 is 0 Å². The molecule has 0 saturated carbocycles. The van der Waals surface area contributed by atoms with E-state index in [1.54, 1.807) is 85.3 Å². The van der Waals surface area contributed by atoms with Crippen molar-refractivity contribution in [3.63, 3.8) is 0 Å². The molecule has 0 fully saturated rings. The standard InChI is InChI=1S/C60H86N4O12.4ClH.4H2O/c1-65-43-31-37-23-27-61-41(47(37)57(73-9)53(43)69-5)21-15-19-35(51-49-39(25-29-63-51)33-45(67-3)55(71-7)59(49)75-11)17-13-14-18-36(52-50-40(26-30-64-52)34-46(68-4)56(72-8)60(50)76-12)20-16-22-42-48-38(24-28-62-42)32-44(66-2)54(70-6)58(48)74-10;;;;;;;;/h31-36,41-42,51-52,61-64H,13-30H2,1-12H3;4*1H;4*1H2. The Morgan fingerprint density at radius 1 is 0.321 bits per heavy atom. The molecule has 24 heteroatoms. The first-order chi connectivity index (χ1) is 37.2. The summed E-state index contributed by atoms with van der Waals surface area (Å²) in [4.78, 5) is 0. The number of methoxy groups -OCH3 is 12. The van der Waals surface area contributed by atoms with Crippen molar-refractivity contribution < 1.29 is 78.7 Å². The van der Waals surface area contributed by atoms with Gasteiger partial charge in [0.25, 0.3) is 0 Å². The van der Waals surface area contributed by atoms with Gasteiger partial charge in [0.05, 0.1) is 85.3 Å². The van der Waals surface area contributed by atoms with Gasteiger partial charge in [-0.15, -0.1) is 49.6 Å². The van der Waals surface area contributed by atoms with Gasteiger partial charge in [-0.3, -0.25) is 0 Å². The fourth-order valence-corrected chi connectivity index (χ4v) is 13.3. The fraction of sp³-hybridized carbons (Fsp3) is 0.600. The summed E-state index contributed by atoms with van der Waals surface area (Å²) in [6, 6.07) is 8.88. The topological polar surface area (TPSA) is 285 Å². The summed E-state index contributed by atoms with van der Waals surface area (Å²) in [5.41, 5.74) is 9.66. The van der Waals surface area contributed by atoms with E-state index in [1.165, 1.54) is 44.5 Å². The van der Waals surface area contributed by atoms with Crippen molar-refractivity contribution in [1.82, 2.24) is 21.3 Å². The van der Waals surface area contributed by atoms with Crippen molar-refractivity contribution in [3.8, 4) is 69.0 Å². The Balaban J connectivity index is 0.00000861. The lowest BCUT2D eigenvalue weighted by molar-refractivity contribution is 0.254. The van der Waals surface area contributed by atoms with Gasteiger partial charge >= 0.3 is 0 Å². The molecule has 12 N–H and O–H groups in total. The molecule has 0 saturated heterocycles. The van der Waals surface area contributed by atoms with Crippen LogP contribution in [0.3, 0.4) is 0 Å². The third-order valence-electron chi connectivity index (χ3n) is 16.7. The Hall–Kier alpha value is -4.68. The zero-order chi connectivity index (χ0) is 53.9. The minimum absolute atomic E-state index is 0. The number of ether oxygens (including phenoxy) is 12. The molecule has 4 aliphatic rings. The summed E-state index contributed by atoms with van der Waals surface area (Å²) in [6.07, 6.45) is 13.6. The molecule has 6 atom stereocenters. The number of fused-ring (bicyclic) bond motifs is 4. The summed E-state index contributed by atoms with van der Waals surface area (Å²) < 4.78 is 71.7. The molecule has 6 unspecified atom stereocenters. The van der Waals surface area contributed by atoms with Crippen LogP contribution in [0.15, 0.2) is 24.3 Å². The molecular weight excluding hydrogens is 1170 g/mol. The van der Waals surface area contributed by atoms with Crippen molar-refractivity contribution in [1.29, 1.82) is 0 Å². The molecule has 20 nitrogen and oxygen atoms in total. The van der Waals surface area contributed by atoms with Crippen LogP contribution in [-0.4, -0.2) is 133 Å². The van der Waals surface area contributed by atoms with Gasteiger partial charge in [0, 0.05) is 46.4 Å². The second-order valence-electron chi connectivity index (χ2n) is 20.4. The maximum Gasteiger partial charge on any atom is 0.203 e. The van der Waals surface area contributed by atoms with Crippen LogP contribution in [0, 0.1) is 11.8 Å². The smallest absolute Gasteiger partial charge is 0.203 e. The molecule has 482 valence electrons. The van der Waals surface area contributed by atoms with Crippen molar-refractivity contribution >= 4 is 49.6 Å². The van der Waals surface area contributed by atoms with Gasteiger partial charge in [-0.05, 0) is 149 Å². The first-order valence-corrected chi connectivity index (χ1v) is 27.4. The van der Waals surface area contributed by atoms with E-state index in [9.17, 15) is 0 Å². The highest BCUT2D eigenvalue weighted by Crippen LogP contribution is 2.53. The Morgan fingerprint density at radius 2 is 0.560 bits per heavy atom. The number of benzene rings is 4. The number of unbranched alkanes of at least 4 members (excludes halogenated alkanes) is 1. The van der Waals surface area contributed by atoms with E-state index in [2.05, 4.69) is 45.5 Å². The predicted octanol–water partition coefficient (Wildman–Crippen LogP) is 8.16. The van der Waals surface area contributed by atoms with E-state index in [0.717, 1.165) is 139 Å². The third-order valence-corrected chi connectivity index (χ3v) is 16.7. The van der Waals surface area contributed by atoms with Gasteiger partial charge in [0.1, 0.15) is 0 Å². The van der Waals surface area contributed by atoms with Crippen molar-refractivity contribution in [2.24, 2.45) is 11.8 Å². The number of halogens is 4. The van der Waals surface area contributed by atoms with E-state index >= 15 is 0 Å². The molecule has 4 aromatic carbocycles. The Bertz CT molecular complexity index is 2450. The van der Waals surface area contributed by atoms with Gasteiger partial charge in [-0.1, -0.05) is 25.7 Å². The summed E-state index contributed by atoms with van der Waals surface area (Å²) >= 11 is 0. The summed E-state index contributed by atoms with van der Waals surface area (Å²) in [5, 5.41) is 15.7. The van der Waals surface area contributed by atoms with Crippen LogP contribution in [0.1, 0.15) is 133 Å². The Morgan fingerprint density at radius 3 is 0.821 bits per heavy atom. The molecule has 8 rings (SSSR count).